The van der Waals surface area contributed by atoms with Crippen molar-refractivity contribution in [2.75, 3.05) is 12.4 Å². The Kier molecular flexibility index (Phi) is 7.38. The van der Waals surface area contributed by atoms with Crippen molar-refractivity contribution in [3.63, 3.8) is 0 Å². The molecule has 0 aromatic heterocycles. The third-order valence-corrected chi connectivity index (χ3v) is 5.25. The van der Waals surface area contributed by atoms with Gasteiger partial charge in [-0.3, -0.25) is 9.59 Å². The molecule has 0 bridgehead atoms. The van der Waals surface area contributed by atoms with E-state index in [9.17, 15) is 19.5 Å². The number of nitrogens with one attached hydrogen (secondary N) is 1. The van der Waals surface area contributed by atoms with Crippen molar-refractivity contribution < 1.29 is 19.5 Å². The van der Waals surface area contributed by atoms with E-state index in [0.29, 0.717) is 17.9 Å². The summed E-state index contributed by atoms with van der Waals surface area (Å²) >= 11 is 0. The Bertz CT molecular complexity index is 900. The van der Waals surface area contributed by atoms with E-state index in [1.165, 1.54) is 25.8 Å². The first kappa shape index (κ1) is 23.1. The molecule has 2 amide bonds. The van der Waals surface area contributed by atoms with Crippen LogP contribution in [0.2, 0.25) is 0 Å². The molecular weight excluding hydrogens is 380 g/mol. The van der Waals surface area contributed by atoms with Gasteiger partial charge in [0, 0.05) is 24.7 Å². The summed E-state index contributed by atoms with van der Waals surface area (Å²) in [4.78, 5) is 37.2. The maximum atomic E-state index is 12.6. The first-order valence-corrected chi connectivity index (χ1v) is 10.0. The van der Waals surface area contributed by atoms with E-state index in [4.69, 9.17) is 0 Å². The van der Waals surface area contributed by atoms with Gasteiger partial charge in [-0.25, -0.2) is 4.79 Å². The summed E-state index contributed by atoms with van der Waals surface area (Å²) in [5.41, 5.74) is 1.74. The van der Waals surface area contributed by atoms with E-state index >= 15 is 0 Å². The number of hydrogen-bond acceptors (Lipinski definition) is 3. The maximum Gasteiger partial charge on any atom is 0.329 e. The lowest BCUT2D eigenvalue weighted by molar-refractivity contribution is -0.147. The van der Waals surface area contributed by atoms with Crippen LogP contribution in [0.3, 0.4) is 0 Å². The Morgan fingerprint density at radius 1 is 0.967 bits per heavy atom. The number of carbonyl (C=O) groups is 3. The third-order valence-electron chi connectivity index (χ3n) is 5.25. The summed E-state index contributed by atoms with van der Waals surface area (Å²) in [5, 5.41) is 12.2. The topological polar surface area (TPSA) is 86.7 Å². The molecule has 0 aliphatic carbocycles. The number of benzene rings is 2. The van der Waals surface area contributed by atoms with Gasteiger partial charge < -0.3 is 15.3 Å². The Labute approximate surface area is 177 Å². The van der Waals surface area contributed by atoms with Crippen LogP contribution in [-0.2, 0) is 9.59 Å². The highest BCUT2D eigenvalue weighted by Gasteiger charge is 2.35. The van der Waals surface area contributed by atoms with Gasteiger partial charge in [0.15, 0.2) is 0 Å². The average molecular weight is 411 g/mol. The predicted octanol–water partition coefficient (Wildman–Crippen LogP) is 4.66. The van der Waals surface area contributed by atoms with E-state index in [-0.39, 0.29) is 11.8 Å². The van der Waals surface area contributed by atoms with E-state index in [2.05, 4.69) is 19.2 Å². The minimum atomic E-state index is -1.30. The monoisotopic (exact) mass is 410 g/mol. The average Bonchev–Trinajstić information content (AvgIpc) is 2.71. The zero-order valence-corrected chi connectivity index (χ0v) is 18.2. The van der Waals surface area contributed by atoms with Crippen LogP contribution in [0.4, 0.5) is 5.69 Å². The zero-order chi connectivity index (χ0) is 22.5. The minimum Gasteiger partial charge on any atom is -0.480 e. The molecule has 0 atom stereocenters. The fourth-order valence-electron chi connectivity index (χ4n) is 2.79. The number of likely N-dealkylation sites (N-methyl/N-ethyl adjacent to an activating group) is 1. The second kappa shape index (κ2) is 9.57. The number of amides is 2. The first-order chi connectivity index (χ1) is 14.0. The molecule has 0 saturated carbocycles. The lowest BCUT2D eigenvalue weighted by Gasteiger charge is -2.31. The number of rotatable bonds is 8. The van der Waals surface area contributed by atoms with Crippen molar-refractivity contribution in [3.05, 3.63) is 54.1 Å². The van der Waals surface area contributed by atoms with E-state index in [0.717, 1.165) is 23.2 Å². The van der Waals surface area contributed by atoms with Crippen molar-refractivity contribution in [2.24, 2.45) is 5.92 Å². The van der Waals surface area contributed by atoms with E-state index in [1.807, 2.05) is 36.4 Å². The second-order valence-corrected chi connectivity index (χ2v) is 8.36. The van der Waals surface area contributed by atoms with Gasteiger partial charge in [-0.15, -0.1) is 0 Å². The Balaban J connectivity index is 2.07. The maximum absolute atomic E-state index is 12.6. The lowest BCUT2D eigenvalue weighted by Crippen LogP contribution is -2.50. The number of carboxylic acid groups (broad SMARTS) is 1. The van der Waals surface area contributed by atoms with Crippen molar-refractivity contribution >= 4 is 23.5 Å². The predicted molar refractivity (Wildman–Crippen MR) is 118 cm³/mol. The smallest absolute Gasteiger partial charge is 0.329 e. The molecule has 6 heteroatoms. The standard InChI is InChI=1S/C24H30N2O4/c1-16(2)6-15-21(27)25-20-13-11-18(12-14-20)17-7-9-19(10-8-17)22(28)26(5)24(3,4)23(29)30/h7-14,16H,6,15H2,1-5H3,(H,25,27)(H,29,30). The Morgan fingerprint density at radius 2 is 1.47 bits per heavy atom. The van der Waals surface area contributed by atoms with Crippen molar-refractivity contribution in [3.8, 4) is 11.1 Å². The minimum absolute atomic E-state index is 0.00715. The van der Waals surface area contributed by atoms with Gasteiger partial charge in [0.25, 0.3) is 5.91 Å². The number of hydrogen-bond donors (Lipinski definition) is 2. The summed E-state index contributed by atoms with van der Waals surface area (Å²) in [6.45, 7) is 7.16. The van der Waals surface area contributed by atoms with Gasteiger partial charge in [0.2, 0.25) is 5.91 Å². The van der Waals surface area contributed by atoms with Crippen LogP contribution in [-0.4, -0.2) is 40.4 Å². The van der Waals surface area contributed by atoms with Gasteiger partial charge in [0.05, 0.1) is 0 Å². The largest absolute Gasteiger partial charge is 0.480 e. The molecule has 0 spiro atoms. The van der Waals surface area contributed by atoms with Crippen LogP contribution in [0.1, 0.15) is 50.9 Å². The van der Waals surface area contributed by atoms with Gasteiger partial charge in [-0.1, -0.05) is 38.1 Å². The van der Waals surface area contributed by atoms with Crippen LogP contribution in [0, 0.1) is 5.92 Å². The molecule has 2 rings (SSSR count). The fourth-order valence-corrected chi connectivity index (χ4v) is 2.79. The summed E-state index contributed by atoms with van der Waals surface area (Å²) in [6.07, 6.45) is 1.36. The highest BCUT2D eigenvalue weighted by atomic mass is 16.4. The quantitative estimate of drug-likeness (QED) is 0.662. The third kappa shape index (κ3) is 5.69. The Morgan fingerprint density at radius 3 is 1.93 bits per heavy atom. The summed E-state index contributed by atoms with van der Waals surface area (Å²) in [7, 11) is 1.48. The lowest BCUT2D eigenvalue weighted by atomic mass is 10.0. The van der Waals surface area contributed by atoms with Gasteiger partial charge >= 0.3 is 5.97 Å². The second-order valence-electron chi connectivity index (χ2n) is 8.36. The van der Waals surface area contributed by atoms with Crippen LogP contribution >= 0.6 is 0 Å². The molecule has 30 heavy (non-hydrogen) atoms. The molecule has 0 radical (unpaired) electrons. The van der Waals surface area contributed by atoms with E-state index in [1.54, 1.807) is 12.1 Å². The number of carboxylic acids is 1. The number of nitrogens with zero attached hydrogens (tertiary/aromatic N) is 1. The Hall–Kier alpha value is -3.15. The summed E-state index contributed by atoms with van der Waals surface area (Å²) in [5.74, 6) is -0.921. The molecule has 0 aliphatic heterocycles. The van der Waals surface area contributed by atoms with Crippen LogP contribution in [0.5, 0.6) is 0 Å². The molecule has 2 N–H and O–H groups in total. The van der Waals surface area contributed by atoms with Gasteiger partial charge in [0.1, 0.15) is 5.54 Å². The normalized spacial score (nSPS) is 11.3. The highest BCUT2D eigenvalue weighted by Crippen LogP contribution is 2.23. The molecule has 160 valence electrons. The molecule has 0 fully saturated rings. The molecular formula is C24H30N2O4. The van der Waals surface area contributed by atoms with Gasteiger partial charge in [-0.05, 0) is 61.6 Å². The SMILES string of the molecule is CC(C)CCC(=O)Nc1ccc(-c2ccc(C(=O)N(C)C(C)(C)C(=O)O)cc2)cc1. The molecule has 2 aromatic carbocycles. The fraction of sp³-hybridized carbons (Fsp3) is 0.375. The summed E-state index contributed by atoms with van der Waals surface area (Å²) in [6, 6.07) is 14.6. The number of anilines is 1. The van der Waals surface area contributed by atoms with Crippen LogP contribution in [0.15, 0.2) is 48.5 Å². The van der Waals surface area contributed by atoms with Crippen molar-refractivity contribution in [1.82, 2.24) is 4.90 Å². The zero-order valence-electron chi connectivity index (χ0n) is 18.2. The van der Waals surface area contributed by atoms with Crippen LogP contribution in [0.25, 0.3) is 11.1 Å². The molecule has 6 nitrogen and oxygen atoms in total. The van der Waals surface area contributed by atoms with Crippen molar-refractivity contribution in [1.29, 1.82) is 0 Å². The van der Waals surface area contributed by atoms with Crippen molar-refractivity contribution in [2.45, 2.75) is 46.1 Å². The number of carbonyl (C=O) groups excluding carboxylic acids is 2. The molecule has 0 unspecified atom stereocenters. The van der Waals surface area contributed by atoms with Crippen LogP contribution < -0.4 is 5.32 Å². The molecule has 0 aliphatic rings. The molecule has 2 aromatic rings. The van der Waals surface area contributed by atoms with E-state index < -0.39 is 11.5 Å². The molecule has 0 saturated heterocycles. The number of aliphatic carboxylic acids is 1. The molecule has 0 heterocycles. The van der Waals surface area contributed by atoms with Gasteiger partial charge in [-0.2, -0.15) is 0 Å². The first-order valence-electron chi connectivity index (χ1n) is 10.0. The summed E-state index contributed by atoms with van der Waals surface area (Å²) < 4.78 is 0. The highest BCUT2D eigenvalue weighted by molar-refractivity contribution is 5.98.